The number of halogens is 2. The zero-order valence-electron chi connectivity index (χ0n) is 25.0. The number of hydrogen-bond acceptors (Lipinski definition) is 6. The first-order valence-electron chi connectivity index (χ1n) is 14.9. The van der Waals surface area contributed by atoms with Gasteiger partial charge >= 0.3 is 0 Å². The van der Waals surface area contributed by atoms with Gasteiger partial charge in [-0.3, -0.25) is 4.79 Å². The van der Waals surface area contributed by atoms with Crippen LogP contribution in [0.4, 0.5) is 0 Å². The molecule has 0 aromatic heterocycles. The molecule has 4 aromatic carbocycles. The van der Waals surface area contributed by atoms with Crippen LogP contribution < -0.4 is 10.1 Å². The molecule has 236 valence electrons. The number of benzene rings is 4. The SMILES string of the molecule is [N-]=[N+]=NCc1ccccc1[C@H]1OC(c2ccc(OCCCO)cc2)=N[C@@]1(Cc1ccccc1Br)C(=O)NCCc1ccc(Cl)cc1. The summed E-state index contributed by atoms with van der Waals surface area (Å²) >= 11 is 9.73. The molecule has 1 aliphatic rings. The van der Waals surface area contributed by atoms with Gasteiger partial charge in [0.1, 0.15) is 5.75 Å². The van der Waals surface area contributed by atoms with E-state index >= 15 is 0 Å². The van der Waals surface area contributed by atoms with E-state index in [4.69, 9.17) is 36.7 Å². The van der Waals surface area contributed by atoms with Crippen LogP contribution in [0.15, 0.2) is 112 Å². The van der Waals surface area contributed by atoms with Gasteiger partial charge in [0.2, 0.25) is 5.90 Å². The maximum Gasteiger partial charge on any atom is 0.252 e. The number of aliphatic imine (C=N–C) groups is 1. The molecule has 1 aliphatic heterocycles. The van der Waals surface area contributed by atoms with Crippen molar-refractivity contribution in [2.24, 2.45) is 10.1 Å². The van der Waals surface area contributed by atoms with Crippen molar-refractivity contribution in [3.05, 3.63) is 145 Å². The van der Waals surface area contributed by atoms with Crippen molar-refractivity contribution >= 4 is 39.3 Å². The molecule has 0 spiro atoms. The second-order valence-electron chi connectivity index (χ2n) is 10.8. The van der Waals surface area contributed by atoms with E-state index in [1.165, 1.54) is 0 Å². The Hall–Kier alpha value is -4.34. The van der Waals surface area contributed by atoms with Gasteiger partial charge in [0, 0.05) is 46.0 Å². The van der Waals surface area contributed by atoms with Gasteiger partial charge in [-0.1, -0.05) is 87.2 Å². The quantitative estimate of drug-likeness (QED) is 0.0609. The first-order chi connectivity index (χ1) is 22.4. The highest BCUT2D eigenvalue weighted by molar-refractivity contribution is 9.10. The molecule has 0 aliphatic carbocycles. The van der Waals surface area contributed by atoms with Crippen molar-refractivity contribution in [3.63, 3.8) is 0 Å². The zero-order valence-corrected chi connectivity index (χ0v) is 27.3. The van der Waals surface area contributed by atoms with Crippen molar-refractivity contribution in [2.75, 3.05) is 19.8 Å². The van der Waals surface area contributed by atoms with E-state index in [0.29, 0.717) is 53.8 Å². The predicted molar refractivity (Wildman–Crippen MR) is 182 cm³/mol. The van der Waals surface area contributed by atoms with Crippen molar-refractivity contribution in [3.8, 4) is 5.75 Å². The van der Waals surface area contributed by atoms with Crippen LogP contribution in [0, 0.1) is 0 Å². The standard InChI is InChI=1S/C35H33BrClN5O4/c36-31-9-4-2-6-26(31)22-35(34(44)39-19-18-24-10-14-28(37)15-11-24)32(30-8-3-1-7-27(30)23-40-42-38)46-33(41-35)25-12-16-29(17-13-25)45-21-5-20-43/h1-4,6-17,32,43H,5,18-23H2,(H,39,44)/t32-,35-/m1/s1. The largest absolute Gasteiger partial charge is 0.494 e. The molecule has 1 amide bonds. The molecule has 5 rings (SSSR count). The minimum absolute atomic E-state index is 0.0483. The van der Waals surface area contributed by atoms with Crippen LogP contribution in [0.3, 0.4) is 0 Å². The number of ether oxygens (including phenoxy) is 2. The molecule has 0 fully saturated rings. The highest BCUT2D eigenvalue weighted by atomic mass is 79.9. The number of rotatable bonds is 14. The molecule has 0 unspecified atom stereocenters. The molecule has 2 atom stereocenters. The van der Waals surface area contributed by atoms with Crippen molar-refractivity contribution in [2.45, 2.75) is 37.5 Å². The highest BCUT2D eigenvalue weighted by Gasteiger charge is 2.54. The van der Waals surface area contributed by atoms with Crippen LogP contribution in [-0.4, -0.2) is 42.2 Å². The monoisotopic (exact) mass is 701 g/mol. The van der Waals surface area contributed by atoms with Crippen LogP contribution in [0.2, 0.25) is 5.02 Å². The third-order valence-electron chi connectivity index (χ3n) is 7.70. The lowest BCUT2D eigenvalue weighted by atomic mass is 9.80. The number of aliphatic hydroxyl groups is 1. The third-order valence-corrected chi connectivity index (χ3v) is 8.73. The van der Waals surface area contributed by atoms with Gasteiger partial charge in [-0.25, -0.2) is 4.99 Å². The van der Waals surface area contributed by atoms with Crippen LogP contribution in [0.1, 0.15) is 40.3 Å². The normalized spacial score (nSPS) is 17.0. The summed E-state index contributed by atoms with van der Waals surface area (Å²) in [6.45, 7) is 0.899. The molecule has 0 radical (unpaired) electrons. The van der Waals surface area contributed by atoms with Crippen molar-refractivity contribution in [1.82, 2.24) is 5.32 Å². The molecule has 0 saturated heterocycles. The molecular weight excluding hydrogens is 670 g/mol. The Morgan fingerprint density at radius 3 is 2.48 bits per heavy atom. The fraction of sp³-hybridized carbons (Fsp3) is 0.257. The number of azide groups is 1. The third kappa shape index (κ3) is 7.89. The van der Waals surface area contributed by atoms with Crippen molar-refractivity contribution in [1.29, 1.82) is 0 Å². The van der Waals surface area contributed by atoms with Crippen LogP contribution in [0.5, 0.6) is 5.75 Å². The average molecular weight is 703 g/mol. The first kappa shape index (κ1) is 33.0. The topological polar surface area (TPSA) is 129 Å². The number of hydrogen-bond donors (Lipinski definition) is 2. The predicted octanol–water partition coefficient (Wildman–Crippen LogP) is 7.53. The fourth-order valence-electron chi connectivity index (χ4n) is 5.36. The summed E-state index contributed by atoms with van der Waals surface area (Å²) in [6, 6.07) is 30.0. The summed E-state index contributed by atoms with van der Waals surface area (Å²) in [5.74, 6) is 0.664. The lowest BCUT2D eigenvalue weighted by Gasteiger charge is -2.32. The van der Waals surface area contributed by atoms with E-state index in [0.717, 1.165) is 21.2 Å². The summed E-state index contributed by atoms with van der Waals surface area (Å²) in [5, 5.41) is 16.7. The summed E-state index contributed by atoms with van der Waals surface area (Å²) in [5.41, 5.74) is 11.7. The van der Waals surface area contributed by atoms with E-state index in [9.17, 15) is 4.79 Å². The van der Waals surface area contributed by atoms with Gasteiger partial charge in [0.05, 0.1) is 13.2 Å². The number of amides is 1. The molecule has 46 heavy (non-hydrogen) atoms. The van der Waals surface area contributed by atoms with E-state index in [1.54, 1.807) is 0 Å². The molecule has 9 nitrogen and oxygen atoms in total. The summed E-state index contributed by atoms with van der Waals surface area (Å²) in [7, 11) is 0. The Labute approximate surface area is 281 Å². The van der Waals surface area contributed by atoms with Crippen molar-refractivity contribution < 1.29 is 19.4 Å². The molecule has 2 N–H and O–H groups in total. The Bertz CT molecular complexity index is 1730. The number of nitrogens with one attached hydrogen (secondary N) is 1. The number of carbonyl (C=O) groups is 1. The van der Waals surface area contributed by atoms with Crippen LogP contribution in [0.25, 0.3) is 10.4 Å². The average Bonchev–Trinajstić information content (AvgIpc) is 3.46. The smallest absolute Gasteiger partial charge is 0.252 e. The van der Waals surface area contributed by atoms with E-state index in [1.807, 2.05) is 97.1 Å². The van der Waals surface area contributed by atoms with Gasteiger partial charge in [-0.2, -0.15) is 0 Å². The molecule has 0 bridgehead atoms. The Kier molecular flexibility index (Phi) is 11.3. The van der Waals surface area contributed by atoms with Gasteiger partial charge < -0.3 is 19.9 Å². The number of carbonyl (C=O) groups excluding carboxylic acids is 1. The second kappa shape index (κ2) is 15.8. The highest BCUT2D eigenvalue weighted by Crippen LogP contribution is 2.44. The molecular formula is C35H33BrClN5O4. The minimum Gasteiger partial charge on any atom is -0.494 e. The van der Waals surface area contributed by atoms with Gasteiger partial charge in [0.15, 0.2) is 11.6 Å². The lowest BCUT2D eigenvalue weighted by molar-refractivity contribution is -0.128. The molecule has 0 saturated carbocycles. The van der Waals surface area contributed by atoms with E-state index < -0.39 is 11.6 Å². The van der Waals surface area contributed by atoms with Gasteiger partial charge in [-0.15, -0.1) is 0 Å². The molecule has 1 heterocycles. The van der Waals surface area contributed by atoms with Crippen LogP contribution in [-0.2, 0) is 28.9 Å². The lowest BCUT2D eigenvalue weighted by Crippen LogP contribution is -2.50. The first-order valence-corrected chi connectivity index (χ1v) is 16.1. The van der Waals surface area contributed by atoms with Crippen LogP contribution >= 0.6 is 27.5 Å². The zero-order chi connectivity index (χ0) is 32.4. The Morgan fingerprint density at radius 1 is 1.04 bits per heavy atom. The Morgan fingerprint density at radius 2 is 1.76 bits per heavy atom. The molecule has 4 aromatic rings. The summed E-state index contributed by atoms with van der Waals surface area (Å²) in [4.78, 5) is 22.6. The van der Waals surface area contributed by atoms with E-state index in [2.05, 4.69) is 31.3 Å². The summed E-state index contributed by atoms with van der Waals surface area (Å²) < 4.78 is 13.2. The molecule has 11 heteroatoms. The maximum atomic E-state index is 14.6. The second-order valence-corrected chi connectivity index (χ2v) is 12.1. The van der Waals surface area contributed by atoms with Gasteiger partial charge in [-0.05, 0) is 76.7 Å². The number of aliphatic hydroxyl groups excluding tert-OH is 1. The maximum absolute atomic E-state index is 14.6. The Balaban J connectivity index is 1.57. The minimum atomic E-state index is -1.41. The van der Waals surface area contributed by atoms with E-state index in [-0.39, 0.29) is 25.5 Å². The fourth-order valence-corrected chi connectivity index (χ4v) is 5.91. The van der Waals surface area contributed by atoms with Gasteiger partial charge in [0.25, 0.3) is 5.91 Å². The summed E-state index contributed by atoms with van der Waals surface area (Å²) in [6.07, 6.45) is 0.518. The number of nitrogens with zero attached hydrogens (tertiary/aromatic N) is 4.